The van der Waals surface area contributed by atoms with Gasteiger partial charge in [0, 0.05) is 18.0 Å². The molecule has 120 valence electrons. The van der Waals surface area contributed by atoms with E-state index in [1.54, 1.807) is 17.5 Å². The Morgan fingerprint density at radius 3 is 2.50 bits per heavy atom. The average molecular weight is 357 g/mol. The second kappa shape index (κ2) is 7.23. The predicted molar refractivity (Wildman–Crippen MR) is 92.2 cm³/mol. The quantitative estimate of drug-likeness (QED) is 0.866. The van der Waals surface area contributed by atoms with Crippen molar-refractivity contribution in [3.8, 4) is 0 Å². The van der Waals surface area contributed by atoms with Crippen molar-refractivity contribution < 1.29 is 8.42 Å². The molecule has 0 unspecified atom stereocenters. The Labute approximate surface area is 139 Å². The van der Waals surface area contributed by atoms with Crippen molar-refractivity contribution in [2.75, 3.05) is 26.2 Å². The number of rotatable bonds is 6. The van der Waals surface area contributed by atoms with Gasteiger partial charge in [0.1, 0.15) is 4.21 Å². The molecule has 0 aliphatic carbocycles. The Bertz CT molecular complexity index is 658. The lowest BCUT2D eigenvalue weighted by molar-refractivity contribution is 0.217. The molecule has 2 aromatic rings. The highest BCUT2D eigenvalue weighted by Crippen LogP contribution is 2.30. The first-order valence-electron chi connectivity index (χ1n) is 7.44. The van der Waals surface area contributed by atoms with Crippen LogP contribution in [0.3, 0.4) is 0 Å². The highest BCUT2D eigenvalue weighted by atomic mass is 32.2. The van der Waals surface area contributed by atoms with E-state index in [0.29, 0.717) is 16.7 Å². The molecule has 0 amide bonds. The number of nitrogens with one attached hydrogen (secondary N) is 1. The zero-order valence-corrected chi connectivity index (χ0v) is 14.7. The molecule has 0 saturated carbocycles. The van der Waals surface area contributed by atoms with Gasteiger partial charge in [0.05, 0.1) is 0 Å². The zero-order valence-electron chi connectivity index (χ0n) is 12.3. The van der Waals surface area contributed by atoms with Crippen molar-refractivity contribution in [1.82, 2.24) is 9.62 Å². The first-order chi connectivity index (χ1) is 10.6. The maximum atomic E-state index is 12.0. The number of likely N-dealkylation sites (tertiary alicyclic amines) is 1. The van der Waals surface area contributed by atoms with Gasteiger partial charge < -0.3 is 4.90 Å². The van der Waals surface area contributed by atoms with E-state index in [-0.39, 0.29) is 0 Å². The number of nitrogens with zero attached hydrogens (tertiary/aromatic N) is 1. The number of hydrogen-bond acceptors (Lipinski definition) is 5. The normalized spacial score (nSPS) is 17.8. The van der Waals surface area contributed by atoms with Crippen LogP contribution >= 0.6 is 22.7 Å². The van der Waals surface area contributed by atoms with Crippen LogP contribution in [0.15, 0.2) is 39.2 Å². The molecule has 1 aliphatic heterocycles. The third kappa shape index (κ3) is 3.97. The Hall–Kier alpha value is -0.730. The van der Waals surface area contributed by atoms with Gasteiger partial charge in [0.2, 0.25) is 10.0 Å². The summed E-state index contributed by atoms with van der Waals surface area (Å²) in [5.41, 5.74) is 0. The molecule has 0 bridgehead atoms. The zero-order chi connectivity index (χ0) is 15.4. The molecule has 7 heteroatoms. The average Bonchev–Trinajstić information content (AvgIpc) is 3.22. The highest BCUT2D eigenvalue weighted by molar-refractivity contribution is 7.91. The summed E-state index contributed by atoms with van der Waals surface area (Å²) in [7, 11) is -3.32. The largest absolute Gasteiger partial charge is 0.302 e. The van der Waals surface area contributed by atoms with Crippen molar-refractivity contribution in [2.45, 2.75) is 23.0 Å². The Kier molecular flexibility index (Phi) is 5.30. The van der Waals surface area contributed by atoms with Crippen molar-refractivity contribution in [3.05, 3.63) is 39.9 Å². The lowest BCUT2D eigenvalue weighted by Crippen LogP contribution is -2.39. The first kappa shape index (κ1) is 16.1. The second-order valence-electron chi connectivity index (χ2n) is 5.46. The third-order valence-corrected chi connectivity index (χ3v) is 7.91. The van der Waals surface area contributed by atoms with E-state index in [1.807, 2.05) is 11.3 Å². The van der Waals surface area contributed by atoms with Crippen LogP contribution in [0.1, 0.15) is 23.6 Å². The van der Waals surface area contributed by atoms with Crippen molar-refractivity contribution in [1.29, 1.82) is 0 Å². The van der Waals surface area contributed by atoms with Gasteiger partial charge in [0.15, 0.2) is 0 Å². The summed E-state index contributed by atoms with van der Waals surface area (Å²) in [6.07, 6.45) is 2.33. The molecule has 0 atom stereocenters. The maximum absolute atomic E-state index is 12.0. The highest BCUT2D eigenvalue weighted by Gasteiger charge is 2.21. The van der Waals surface area contributed by atoms with Crippen LogP contribution in [-0.4, -0.2) is 39.5 Å². The van der Waals surface area contributed by atoms with Crippen molar-refractivity contribution in [3.63, 3.8) is 0 Å². The van der Waals surface area contributed by atoms with E-state index in [4.69, 9.17) is 0 Å². The van der Waals surface area contributed by atoms with Crippen molar-refractivity contribution in [2.24, 2.45) is 0 Å². The van der Waals surface area contributed by atoms with Crippen LogP contribution < -0.4 is 4.72 Å². The molecule has 0 radical (unpaired) electrons. The van der Waals surface area contributed by atoms with Gasteiger partial charge in [-0.2, -0.15) is 0 Å². The lowest BCUT2D eigenvalue weighted by atomic mass is 9.95. The molecule has 0 spiro atoms. The number of piperidine rings is 1. The summed E-state index contributed by atoms with van der Waals surface area (Å²) in [5.74, 6) is 0.680. The molecule has 2 aromatic heterocycles. The van der Waals surface area contributed by atoms with Crippen LogP contribution in [0, 0.1) is 0 Å². The fourth-order valence-corrected chi connectivity index (χ4v) is 5.75. The molecule has 3 heterocycles. The molecule has 3 rings (SSSR count). The fourth-order valence-electron chi connectivity index (χ4n) is 2.79. The van der Waals surface area contributed by atoms with E-state index >= 15 is 0 Å². The molecule has 4 nitrogen and oxygen atoms in total. The van der Waals surface area contributed by atoms with Gasteiger partial charge in [-0.05, 0) is 54.7 Å². The van der Waals surface area contributed by atoms with E-state index in [9.17, 15) is 8.42 Å². The Balaban J connectivity index is 1.42. The Morgan fingerprint density at radius 1 is 1.14 bits per heavy atom. The first-order valence-corrected chi connectivity index (χ1v) is 10.7. The second-order valence-corrected chi connectivity index (χ2v) is 9.38. The molecule has 1 N–H and O–H groups in total. The maximum Gasteiger partial charge on any atom is 0.250 e. The third-order valence-electron chi connectivity index (χ3n) is 4.01. The summed E-state index contributed by atoms with van der Waals surface area (Å²) in [6.45, 7) is 3.35. The van der Waals surface area contributed by atoms with Crippen LogP contribution in [-0.2, 0) is 10.0 Å². The topological polar surface area (TPSA) is 49.4 Å². The number of thiophene rings is 2. The van der Waals surface area contributed by atoms with E-state index in [1.165, 1.54) is 16.2 Å². The van der Waals surface area contributed by atoms with E-state index < -0.39 is 10.0 Å². The molecule has 1 aliphatic rings. The SMILES string of the molecule is O=S(=O)(NCCN1CCC(c2cccs2)CC1)c1cccs1. The summed E-state index contributed by atoms with van der Waals surface area (Å²) >= 11 is 3.09. The van der Waals surface area contributed by atoms with E-state index in [2.05, 4.69) is 27.1 Å². The van der Waals surface area contributed by atoms with Gasteiger partial charge in [-0.3, -0.25) is 0 Å². The minimum atomic E-state index is -3.32. The smallest absolute Gasteiger partial charge is 0.250 e. The van der Waals surface area contributed by atoms with Gasteiger partial charge >= 0.3 is 0 Å². The van der Waals surface area contributed by atoms with Crippen LogP contribution in [0.4, 0.5) is 0 Å². The minimum Gasteiger partial charge on any atom is -0.302 e. The number of hydrogen-bond donors (Lipinski definition) is 1. The number of sulfonamides is 1. The van der Waals surface area contributed by atoms with Crippen molar-refractivity contribution >= 4 is 32.7 Å². The summed E-state index contributed by atoms with van der Waals surface area (Å²) in [4.78, 5) is 3.83. The molecule has 1 saturated heterocycles. The van der Waals surface area contributed by atoms with Gasteiger partial charge in [0.25, 0.3) is 0 Å². The lowest BCUT2D eigenvalue weighted by Gasteiger charge is -2.31. The standard InChI is InChI=1S/C15H20N2O2S3/c18-22(19,15-4-2-12-21-15)16-7-10-17-8-5-13(6-9-17)14-3-1-11-20-14/h1-4,11-13,16H,5-10H2. The molecule has 22 heavy (non-hydrogen) atoms. The molecule has 0 aromatic carbocycles. The van der Waals surface area contributed by atoms with Crippen LogP contribution in [0.5, 0.6) is 0 Å². The van der Waals surface area contributed by atoms with E-state index in [0.717, 1.165) is 32.5 Å². The fraction of sp³-hybridized carbons (Fsp3) is 0.467. The summed E-state index contributed by atoms with van der Waals surface area (Å²) < 4.78 is 27.1. The minimum absolute atomic E-state index is 0.393. The molecule has 1 fully saturated rings. The monoisotopic (exact) mass is 356 g/mol. The molecular formula is C15H20N2O2S3. The predicted octanol–water partition coefficient (Wildman–Crippen LogP) is 2.97. The van der Waals surface area contributed by atoms with Gasteiger partial charge in [-0.25, -0.2) is 13.1 Å². The Morgan fingerprint density at radius 2 is 1.86 bits per heavy atom. The van der Waals surface area contributed by atoms with Crippen LogP contribution in [0.2, 0.25) is 0 Å². The van der Waals surface area contributed by atoms with Gasteiger partial charge in [-0.15, -0.1) is 22.7 Å². The summed E-state index contributed by atoms with van der Waals surface area (Å²) in [6, 6.07) is 7.74. The summed E-state index contributed by atoms with van der Waals surface area (Å²) in [5, 5.41) is 3.92. The molecular weight excluding hydrogens is 336 g/mol. The van der Waals surface area contributed by atoms with Crippen LogP contribution in [0.25, 0.3) is 0 Å². The van der Waals surface area contributed by atoms with Gasteiger partial charge in [-0.1, -0.05) is 12.1 Å².